The van der Waals surface area contributed by atoms with E-state index < -0.39 is 0 Å². The van der Waals surface area contributed by atoms with Crippen LogP contribution >= 0.6 is 11.6 Å². The predicted octanol–water partition coefficient (Wildman–Crippen LogP) is 4.23. The predicted molar refractivity (Wildman–Crippen MR) is 85.1 cm³/mol. The molecular formula is C15H19ClN4. The smallest absolute Gasteiger partial charge is 0.139 e. The maximum Gasteiger partial charge on any atom is 0.139 e. The van der Waals surface area contributed by atoms with Crippen LogP contribution in [-0.2, 0) is 0 Å². The minimum atomic E-state index is 0.686. The Hall–Kier alpha value is -1.81. The summed E-state index contributed by atoms with van der Waals surface area (Å²) in [6, 6.07) is 5.91. The van der Waals surface area contributed by atoms with Crippen molar-refractivity contribution in [3.8, 4) is 0 Å². The number of nitrogens with one attached hydrogen (secondary N) is 2. The fourth-order valence-corrected chi connectivity index (χ4v) is 2.22. The molecule has 0 spiro atoms. The lowest BCUT2D eigenvalue weighted by atomic mass is 10.2. The summed E-state index contributed by atoms with van der Waals surface area (Å²) in [5.41, 5.74) is 2.96. The molecule has 0 aliphatic rings. The normalized spacial score (nSPS) is 10.4. The van der Waals surface area contributed by atoms with E-state index in [9.17, 15) is 0 Å². The maximum atomic E-state index is 6.25. The Bertz CT molecular complexity index is 626. The number of hydrogen-bond donors (Lipinski definition) is 2. The number of aromatic nitrogens is 2. The third-order valence-electron chi connectivity index (χ3n) is 2.98. The molecule has 4 nitrogen and oxygen atoms in total. The molecule has 0 radical (unpaired) electrons. The summed E-state index contributed by atoms with van der Waals surface area (Å²) >= 11 is 6.25. The van der Waals surface area contributed by atoms with Crippen LogP contribution in [0.3, 0.4) is 0 Å². The van der Waals surface area contributed by atoms with E-state index in [-0.39, 0.29) is 0 Å². The van der Waals surface area contributed by atoms with Crippen molar-refractivity contribution in [1.82, 2.24) is 9.97 Å². The van der Waals surface area contributed by atoms with Gasteiger partial charge in [0.25, 0.3) is 0 Å². The van der Waals surface area contributed by atoms with Crippen LogP contribution in [0.1, 0.15) is 23.9 Å². The zero-order chi connectivity index (χ0) is 14.7. The molecule has 1 heterocycles. The van der Waals surface area contributed by atoms with Gasteiger partial charge in [-0.25, -0.2) is 9.97 Å². The Morgan fingerprint density at radius 2 is 1.80 bits per heavy atom. The number of anilines is 3. The zero-order valence-corrected chi connectivity index (χ0v) is 13.0. The summed E-state index contributed by atoms with van der Waals surface area (Å²) in [5.74, 6) is 2.35. The molecule has 0 amide bonds. The number of nitrogens with zero attached hydrogens (tertiary/aromatic N) is 2. The van der Waals surface area contributed by atoms with E-state index in [4.69, 9.17) is 11.6 Å². The van der Waals surface area contributed by atoms with Gasteiger partial charge in [0.2, 0.25) is 0 Å². The molecule has 0 fully saturated rings. The SMILES string of the molecule is CCNc1nc(C)nc(Nc2ccc(C)cc2Cl)c1C. The lowest BCUT2D eigenvalue weighted by Crippen LogP contribution is -2.07. The Morgan fingerprint density at radius 3 is 2.45 bits per heavy atom. The first-order valence-corrected chi connectivity index (χ1v) is 7.01. The van der Waals surface area contributed by atoms with Crippen LogP contribution in [0.2, 0.25) is 5.02 Å². The molecule has 0 aliphatic heterocycles. The summed E-state index contributed by atoms with van der Waals surface area (Å²) in [7, 11) is 0. The number of hydrogen-bond acceptors (Lipinski definition) is 4. The molecule has 106 valence electrons. The lowest BCUT2D eigenvalue weighted by molar-refractivity contribution is 1.02. The highest BCUT2D eigenvalue weighted by atomic mass is 35.5. The third-order valence-corrected chi connectivity index (χ3v) is 3.29. The van der Waals surface area contributed by atoms with Gasteiger partial charge in [0, 0.05) is 12.1 Å². The fraction of sp³-hybridized carbons (Fsp3) is 0.333. The standard InChI is InChI=1S/C15H19ClN4/c1-5-17-14-10(3)15(19-11(4)18-14)20-13-7-6-9(2)8-12(13)16/h6-8H,5H2,1-4H3,(H2,17,18,19,20). The molecule has 2 aromatic rings. The molecule has 2 rings (SSSR count). The molecule has 1 aromatic heterocycles. The van der Waals surface area contributed by atoms with Gasteiger partial charge in [-0.1, -0.05) is 17.7 Å². The topological polar surface area (TPSA) is 49.8 Å². The summed E-state index contributed by atoms with van der Waals surface area (Å²) in [6.07, 6.45) is 0. The molecule has 5 heteroatoms. The second kappa shape index (κ2) is 6.09. The minimum Gasteiger partial charge on any atom is -0.370 e. The van der Waals surface area contributed by atoms with Crippen molar-refractivity contribution in [2.75, 3.05) is 17.2 Å². The average molecular weight is 291 g/mol. The van der Waals surface area contributed by atoms with Gasteiger partial charge in [-0.05, 0) is 45.4 Å². The van der Waals surface area contributed by atoms with Crippen LogP contribution in [0.15, 0.2) is 18.2 Å². The van der Waals surface area contributed by atoms with Crippen molar-refractivity contribution in [2.24, 2.45) is 0 Å². The summed E-state index contributed by atoms with van der Waals surface area (Å²) in [5, 5.41) is 7.21. The van der Waals surface area contributed by atoms with Gasteiger partial charge in [0.1, 0.15) is 17.5 Å². The number of aryl methyl sites for hydroxylation is 2. The van der Waals surface area contributed by atoms with Crippen molar-refractivity contribution >= 4 is 28.9 Å². The van der Waals surface area contributed by atoms with Gasteiger partial charge in [0.15, 0.2) is 0 Å². The Kier molecular flexibility index (Phi) is 4.45. The minimum absolute atomic E-state index is 0.686. The van der Waals surface area contributed by atoms with Gasteiger partial charge >= 0.3 is 0 Å². The van der Waals surface area contributed by atoms with E-state index in [1.165, 1.54) is 0 Å². The highest BCUT2D eigenvalue weighted by molar-refractivity contribution is 6.33. The van der Waals surface area contributed by atoms with Crippen LogP contribution in [0.5, 0.6) is 0 Å². The highest BCUT2D eigenvalue weighted by Crippen LogP contribution is 2.28. The largest absolute Gasteiger partial charge is 0.370 e. The first kappa shape index (κ1) is 14.6. The van der Waals surface area contributed by atoms with E-state index in [1.54, 1.807) is 0 Å². The van der Waals surface area contributed by atoms with Crippen LogP contribution in [0, 0.1) is 20.8 Å². The van der Waals surface area contributed by atoms with Crippen LogP contribution in [0.4, 0.5) is 17.3 Å². The van der Waals surface area contributed by atoms with E-state index in [0.29, 0.717) is 5.02 Å². The fourth-order valence-electron chi connectivity index (χ4n) is 1.94. The van der Waals surface area contributed by atoms with E-state index in [2.05, 4.69) is 20.6 Å². The molecule has 0 unspecified atom stereocenters. The second-order valence-electron chi connectivity index (χ2n) is 4.73. The Labute approximate surface area is 124 Å². The summed E-state index contributed by atoms with van der Waals surface area (Å²) in [6.45, 7) is 8.74. The average Bonchev–Trinajstić information content (AvgIpc) is 2.38. The molecule has 0 atom stereocenters. The highest BCUT2D eigenvalue weighted by Gasteiger charge is 2.10. The van der Waals surface area contributed by atoms with Crippen LogP contribution in [0.25, 0.3) is 0 Å². The molecular weight excluding hydrogens is 272 g/mol. The van der Waals surface area contributed by atoms with Gasteiger partial charge in [-0.2, -0.15) is 0 Å². The molecule has 2 N–H and O–H groups in total. The zero-order valence-electron chi connectivity index (χ0n) is 12.2. The quantitative estimate of drug-likeness (QED) is 0.885. The number of halogens is 1. The molecule has 0 aliphatic carbocycles. The van der Waals surface area contributed by atoms with Crippen LogP contribution in [-0.4, -0.2) is 16.5 Å². The van der Waals surface area contributed by atoms with Crippen molar-refractivity contribution in [3.63, 3.8) is 0 Å². The molecule has 0 saturated carbocycles. The number of benzene rings is 1. The third kappa shape index (κ3) is 3.20. The number of rotatable bonds is 4. The molecule has 0 bridgehead atoms. The van der Waals surface area contributed by atoms with Gasteiger partial charge < -0.3 is 10.6 Å². The molecule has 0 saturated heterocycles. The van der Waals surface area contributed by atoms with Gasteiger partial charge in [-0.15, -0.1) is 0 Å². The first-order chi connectivity index (χ1) is 9.51. The molecule has 1 aromatic carbocycles. The van der Waals surface area contributed by atoms with Crippen molar-refractivity contribution < 1.29 is 0 Å². The second-order valence-corrected chi connectivity index (χ2v) is 5.14. The molecule has 20 heavy (non-hydrogen) atoms. The Morgan fingerprint density at radius 1 is 1.10 bits per heavy atom. The van der Waals surface area contributed by atoms with Crippen molar-refractivity contribution in [2.45, 2.75) is 27.7 Å². The summed E-state index contributed by atoms with van der Waals surface area (Å²) in [4.78, 5) is 8.86. The van der Waals surface area contributed by atoms with E-state index in [1.807, 2.05) is 45.9 Å². The maximum absolute atomic E-state index is 6.25. The van der Waals surface area contributed by atoms with Crippen molar-refractivity contribution in [3.05, 3.63) is 40.2 Å². The Balaban J connectivity index is 2.37. The summed E-state index contributed by atoms with van der Waals surface area (Å²) < 4.78 is 0. The first-order valence-electron chi connectivity index (χ1n) is 6.63. The van der Waals surface area contributed by atoms with Crippen LogP contribution < -0.4 is 10.6 Å². The van der Waals surface area contributed by atoms with Gasteiger partial charge in [0.05, 0.1) is 10.7 Å². The van der Waals surface area contributed by atoms with Gasteiger partial charge in [-0.3, -0.25) is 0 Å². The van der Waals surface area contributed by atoms with E-state index in [0.717, 1.165) is 40.8 Å². The monoisotopic (exact) mass is 290 g/mol. The van der Waals surface area contributed by atoms with E-state index >= 15 is 0 Å². The van der Waals surface area contributed by atoms with Crippen molar-refractivity contribution in [1.29, 1.82) is 0 Å². The lowest BCUT2D eigenvalue weighted by Gasteiger charge is -2.14.